The molecule has 1 N–H and O–H groups in total. The normalized spacial score (nSPS) is 10.7. The average molecular weight is 428 g/mol. The molecule has 0 aliphatic heterocycles. The van der Waals surface area contributed by atoms with E-state index in [4.69, 9.17) is 9.15 Å². The number of aromatic nitrogens is 2. The molecule has 1 aromatic heterocycles. The lowest BCUT2D eigenvalue weighted by atomic mass is 10.1. The topological polar surface area (TPSA) is 77.2 Å². The van der Waals surface area contributed by atoms with Gasteiger partial charge in [0.15, 0.2) is 0 Å². The van der Waals surface area contributed by atoms with Gasteiger partial charge in [0.05, 0.1) is 0 Å². The Labute approximate surface area is 187 Å². The van der Waals surface area contributed by atoms with Gasteiger partial charge in [-0.1, -0.05) is 48.0 Å². The van der Waals surface area contributed by atoms with Crippen LogP contribution in [0.25, 0.3) is 11.5 Å². The molecule has 0 radical (unpaired) electrons. The third-order valence-electron chi connectivity index (χ3n) is 5.00. The molecule has 32 heavy (non-hydrogen) atoms. The third-order valence-corrected chi connectivity index (χ3v) is 5.00. The van der Waals surface area contributed by atoms with Gasteiger partial charge in [0, 0.05) is 30.5 Å². The van der Waals surface area contributed by atoms with Gasteiger partial charge in [-0.2, -0.15) is 0 Å². The standard InChI is InChI=1S/C26H25N3O3/c1-18-10-12-20(13-11-18)26-29-28-25(32-26)15-14-24(30)27-17-21-7-3-4-9-23(21)31-22-8-5-6-19(2)16-22/h3-13,16H,14-15,17H2,1-2H3,(H,27,30). The largest absolute Gasteiger partial charge is 0.457 e. The van der Waals surface area contributed by atoms with Crippen LogP contribution >= 0.6 is 0 Å². The molecule has 0 unspecified atom stereocenters. The lowest BCUT2D eigenvalue weighted by molar-refractivity contribution is -0.121. The molecule has 0 bridgehead atoms. The van der Waals surface area contributed by atoms with Gasteiger partial charge in [0.1, 0.15) is 11.5 Å². The van der Waals surface area contributed by atoms with E-state index in [1.165, 1.54) is 0 Å². The molecule has 0 saturated carbocycles. The summed E-state index contributed by atoms with van der Waals surface area (Å²) in [4.78, 5) is 12.4. The minimum absolute atomic E-state index is 0.0922. The zero-order valence-corrected chi connectivity index (χ0v) is 18.2. The second-order valence-electron chi connectivity index (χ2n) is 7.67. The molecular formula is C26H25N3O3. The summed E-state index contributed by atoms with van der Waals surface area (Å²) >= 11 is 0. The van der Waals surface area contributed by atoms with Crippen LogP contribution < -0.4 is 10.1 Å². The van der Waals surface area contributed by atoms with E-state index in [2.05, 4.69) is 15.5 Å². The fraction of sp³-hybridized carbons (Fsp3) is 0.192. The van der Waals surface area contributed by atoms with Crippen molar-refractivity contribution < 1.29 is 13.9 Å². The van der Waals surface area contributed by atoms with Crippen molar-refractivity contribution in [3.05, 3.63) is 95.4 Å². The highest BCUT2D eigenvalue weighted by molar-refractivity contribution is 5.76. The van der Waals surface area contributed by atoms with Crippen LogP contribution in [0.5, 0.6) is 11.5 Å². The minimum atomic E-state index is -0.0922. The van der Waals surface area contributed by atoms with Gasteiger partial charge in [0.25, 0.3) is 0 Å². The number of aryl methyl sites for hydroxylation is 3. The Morgan fingerprint density at radius 1 is 0.938 bits per heavy atom. The highest BCUT2D eigenvalue weighted by atomic mass is 16.5. The van der Waals surface area contributed by atoms with Gasteiger partial charge in [-0.05, 0) is 49.7 Å². The zero-order valence-electron chi connectivity index (χ0n) is 18.2. The fourth-order valence-electron chi connectivity index (χ4n) is 3.23. The lowest BCUT2D eigenvalue weighted by Crippen LogP contribution is -2.23. The molecule has 1 heterocycles. The van der Waals surface area contributed by atoms with Crippen molar-refractivity contribution in [2.45, 2.75) is 33.2 Å². The van der Waals surface area contributed by atoms with Crippen LogP contribution in [0.3, 0.4) is 0 Å². The van der Waals surface area contributed by atoms with Crippen molar-refractivity contribution in [1.82, 2.24) is 15.5 Å². The van der Waals surface area contributed by atoms with E-state index in [9.17, 15) is 4.79 Å². The van der Waals surface area contributed by atoms with Crippen molar-refractivity contribution >= 4 is 5.91 Å². The number of hydrogen-bond acceptors (Lipinski definition) is 5. The number of rotatable bonds is 8. The van der Waals surface area contributed by atoms with Crippen molar-refractivity contribution in [1.29, 1.82) is 0 Å². The van der Waals surface area contributed by atoms with Gasteiger partial charge in [0.2, 0.25) is 17.7 Å². The van der Waals surface area contributed by atoms with E-state index in [1.807, 2.05) is 86.6 Å². The molecule has 0 aliphatic carbocycles. The van der Waals surface area contributed by atoms with E-state index < -0.39 is 0 Å². The summed E-state index contributed by atoms with van der Waals surface area (Å²) in [5, 5.41) is 11.1. The Balaban J connectivity index is 1.31. The van der Waals surface area contributed by atoms with E-state index in [-0.39, 0.29) is 12.3 Å². The summed E-state index contributed by atoms with van der Waals surface area (Å²) in [6.45, 7) is 4.42. The molecule has 6 nitrogen and oxygen atoms in total. The first-order valence-corrected chi connectivity index (χ1v) is 10.6. The molecule has 0 aliphatic rings. The van der Waals surface area contributed by atoms with Crippen molar-refractivity contribution in [3.8, 4) is 23.0 Å². The number of para-hydroxylation sites is 1. The fourth-order valence-corrected chi connectivity index (χ4v) is 3.23. The van der Waals surface area contributed by atoms with E-state index in [0.717, 1.165) is 33.8 Å². The first kappa shape index (κ1) is 21.3. The molecule has 0 spiro atoms. The number of ether oxygens (including phenoxy) is 1. The summed E-state index contributed by atoms with van der Waals surface area (Å²) in [5.41, 5.74) is 4.06. The number of benzene rings is 3. The molecule has 0 fully saturated rings. The number of nitrogens with one attached hydrogen (secondary N) is 1. The van der Waals surface area contributed by atoms with Gasteiger partial charge in [-0.25, -0.2) is 0 Å². The van der Waals surface area contributed by atoms with E-state index >= 15 is 0 Å². The molecule has 0 saturated heterocycles. The van der Waals surface area contributed by atoms with Crippen LogP contribution in [0, 0.1) is 13.8 Å². The highest BCUT2D eigenvalue weighted by Gasteiger charge is 2.11. The summed E-state index contributed by atoms with van der Waals surface area (Å²) in [6.07, 6.45) is 0.641. The Morgan fingerprint density at radius 2 is 1.75 bits per heavy atom. The Hall–Kier alpha value is -3.93. The van der Waals surface area contributed by atoms with Crippen molar-refractivity contribution in [2.24, 2.45) is 0 Å². The zero-order chi connectivity index (χ0) is 22.3. The van der Waals surface area contributed by atoms with Gasteiger partial charge < -0.3 is 14.5 Å². The van der Waals surface area contributed by atoms with E-state index in [1.54, 1.807) is 0 Å². The predicted molar refractivity (Wildman–Crippen MR) is 122 cm³/mol. The summed E-state index contributed by atoms with van der Waals surface area (Å²) in [5.74, 6) is 2.30. The number of carbonyl (C=O) groups excluding carboxylic acids is 1. The van der Waals surface area contributed by atoms with E-state index in [0.29, 0.717) is 24.7 Å². The summed E-state index contributed by atoms with van der Waals surface area (Å²) in [6, 6.07) is 23.4. The first-order valence-electron chi connectivity index (χ1n) is 10.6. The van der Waals surface area contributed by atoms with Crippen LogP contribution in [-0.4, -0.2) is 16.1 Å². The summed E-state index contributed by atoms with van der Waals surface area (Å²) < 4.78 is 11.7. The number of carbonyl (C=O) groups is 1. The van der Waals surface area contributed by atoms with Crippen LogP contribution in [0.2, 0.25) is 0 Å². The number of nitrogens with zero attached hydrogens (tertiary/aromatic N) is 2. The maximum Gasteiger partial charge on any atom is 0.247 e. The van der Waals surface area contributed by atoms with Crippen LogP contribution in [0.15, 0.2) is 77.2 Å². The van der Waals surface area contributed by atoms with Crippen LogP contribution in [0.4, 0.5) is 0 Å². The molecule has 6 heteroatoms. The Kier molecular flexibility index (Phi) is 6.60. The molecule has 162 valence electrons. The second kappa shape index (κ2) is 9.92. The third kappa shape index (κ3) is 5.60. The number of hydrogen-bond donors (Lipinski definition) is 1. The van der Waals surface area contributed by atoms with Gasteiger partial charge in [-0.3, -0.25) is 4.79 Å². The molecule has 4 aromatic rings. The van der Waals surface area contributed by atoms with Crippen LogP contribution in [-0.2, 0) is 17.8 Å². The lowest BCUT2D eigenvalue weighted by Gasteiger charge is -2.12. The molecule has 0 atom stereocenters. The minimum Gasteiger partial charge on any atom is -0.457 e. The maximum atomic E-state index is 12.4. The predicted octanol–water partition coefficient (Wildman–Crippen LogP) is 5.39. The monoisotopic (exact) mass is 427 g/mol. The van der Waals surface area contributed by atoms with Crippen molar-refractivity contribution in [3.63, 3.8) is 0 Å². The summed E-state index contributed by atoms with van der Waals surface area (Å²) in [7, 11) is 0. The molecule has 1 amide bonds. The Morgan fingerprint density at radius 3 is 2.56 bits per heavy atom. The maximum absolute atomic E-state index is 12.4. The highest BCUT2D eigenvalue weighted by Crippen LogP contribution is 2.26. The quantitative estimate of drug-likeness (QED) is 0.408. The SMILES string of the molecule is Cc1ccc(-c2nnc(CCC(=O)NCc3ccccc3Oc3cccc(C)c3)o2)cc1. The molecule has 3 aromatic carbocycles. The first-order chi connectivity index (χ1) is 15.6. The average Bonchev–Trinajstić information content (AvgIpc) is 3.27. The second-order valence-corrected chi connectivity index (χ2v) is 7.67. The smallest absolute Gasteiger partial charge is 0.247 e. The molecule has 4 rings (SSSR count). The van der Waals surface area contributed by atoms with Crippen LogP contribution in [0.1, 0.15) is 29.0 Å². The molecular weight excluding hydrogens is 402 g/mol. The van der Waals surface area contributed by atoms with Crippen molar-refractivity contribution in [2.75, 3.05) is 0 Å². The number of amides is 1. The van der Waals surface area contributed by atoms with Gasteiger partial charge >= 0.3 is 0 Å². The van der Waals surface area contributed by atoms with Gasteiger partial charge in [-0.15, -0.1) is 10.2 Å². The Bertz CT molecular complexity index is 1200.